The molecule has 0 fully saturated rings. The van der Waals surface area contributed by atoms with Crippen LogP contribution in [0.3, 0.4) is 0 Å². The molecule has 0 bridgehead atoms. The number of hydrogen-bond donors (Lipinski definition) is 2. The van der Waals surface area contributed by atoms with E-state index in [0.717, 1.165) is 6.54 Å². The SMILES string of the molecule is CCNc1csc(C(N)=O)n1. The zero-order chi connectivity index (χ0) is 8.27. The van der Waals surface area contributed by atoms with Gasteiger partial charge in [0.25, 0.3) is 5.91 Å². The molecule has 0 spiro atoms. The molecule has 0 radical (unpaired) electrons. The fraction of sp³-hybridized carbons (Fsp3) is 0.333. The van der Waals surface area contributed by atoms with Crippen LogP contribution in [0.2, 0.25) is 0 Å². The van der Waals surface area contributed by atoms with E-state index in [-0.39, 0.29) is 0 Å². The molecule has 0 saturated carbocycles. The summed E-state index contributed by atoms with van der Waals surface area (Å²) in [6, 6.07) is 0. The van der Waals surface area contributed by atoms with E-state index in [1.165, 1.54) is 11.3 Å². The van der Waals surface area contributed by atoms with Crippen LogP contribution in [-0.4, -0.2) is 17.4 Å². The monoisotopic (exact) mass is 171 g/mol. The fourth-order valence-corrected chi connectivity index (χ4v) is 1.28. The molecule has 1 aromatic heterocycles. The van der Waals surface area contributed by atoms with Crippen LogP contribution in [0.1, 0.15) is 16.7 Å². The molecule has 60 valence electrons. The van der Waals surface area contributed by atoms with E-state index in [1.807, 2.05) is 6.92 Å². The molecule has 4 nitrogen and oxygen atoms in total. The zero-order valence-electron chi connectivity index (χ0n) is 6.13. The Balaban J connectivity index is 2.73. The van der Waals surface area contributed by atoms with Gasteiger partial charge in [-0.1, -0.05) is 0 Å². The lowest BCUT2D eigenvalue weighted by Gasteiger charge is -1.93. The molecule has 0 aliphatic heterocycles. The first kappa shape index (κ1) is 8.00. The third kappa shape index (κ3) is 1.91. The minimum atomic E-state index is -0.473. The molecule has 5 heteroatoms. The van der Waals surface area contributed by atoms with Crippen molar-refractivity contribution in [2.45, 2.75) is 6.92 Å². The largest absolute Gasteiger partial charge is 0.370 e. The number of primary amides is 1. The van der Waals surface area contributed by atoms with E-state index >= 15 is 0 Å². The highest BCUT2D eigenvalue weighted by Crippen LogP contribution is 2.12. The molecule has 11 heavy (non-hydrogen) atoms. The van der Waals surface area contributed by atoms with Gasteiger partial charge in [-0.3, -0.25) is 4.79 Å². The molecule has 0 saturated heterocycles. The predicted molar refractivity (Wildman–Crippen MR) is 44.8 cm³/mol. The maximum Gasteiger partial charge on any atom is 0.277 e. The molecule has 1 rings (SSSR count). The minimum Gasteiger partial charge on any atom is -0.370 e. The van der Waals surface area contributed by atoms with Crippen molar-refractivity contribution < 1.29 is 4.79 Å². The topological polar surface area (TPSA) is 68.0 Å². The second kappa shape index (κ2) is 3.34. The quantitative estimate of drug-likeness (QED) is 0.702. The van der Waals surface area contributed by atoms with Gasteiger partial charge in [-0.25, -0.2) is 4.98 Å². The Morgan fingerprint density at radius 3 is 3.09 bits per heavy atom. The second-order valence-corrected chi connectivity index (χ2v) is 2.79. The number of aromatic nitrogens is 1. The number of carbonyl (C=O) groups excluding carboxylic acids is 1. The van der Waals surface area contributed by atoms with Crippen LogP contribution >= 0.6 is 11.3 Å². The average molecular weight is 171 g/mol. The van der Waals surface area contributed by atoms with E-state index in [0.29, 0.717) is 10.8 Å². The van der Waals surface area contributed by atoms with E-state index in [2.05, 4.69) is 10.3 Å². The number of amides is 1. The lowest BCUT2D eigenvalue weighted by molar-refractivity contribution is 0.1000. The Hall–Kier alpha value is -1.10. The fourth-order valence-electron chi connectivity index (χ4n) is 0.649. The van der Waals surface area contributed by atoms with Crippen LogP contribution in [-0.2, 0) is 0 Å². The third-order valence-corrected chi connectivity index (χ3v) is 1.93. The number of rotatable bonds is 3. The molecule has 1 amide bonds. The van der Waals surface area contributed by atoms with Gasteiger partial charge in [0, 0.05) is 11.9 Å². The van der Waals surface area contributed by atoms with Gasteiger partial charge < -0.3 is 11.1 Å². The number of anilines is 1. The summed E-state index contributed by atoms with van der Waals surface area (Å²) in [5, 5.41) is 5.09. The average Bonchev–Trinajstić information content (AvgIpc) is 2.37. The smallest absolute Gasteiger partial charge is 0.277 e. The first-order chi connectivity index (χ1) is 5.24. The molecule has 0 aliphatic rings. The second-order valence-electron chi connectivity index (χ2n) is 1.93. The lowest BCUT2D eigenvalue weighted by atomic mass is 10.6. The summed E-state index contributed by atoms with van der Waals surface area (Å²) >= 11 is 1.25. The Bertz CT molecular complexity index is 258. The highest BCUT2D eigenvalue weighted by atomic mass is 32.1. The van der Waals surface area contributed by atoms with Crippen LogP contribution in [0.25, 0.3) is 0 Å². The highest BCUT2D eigenvalue weighted by molar-refractivity contribution is 7.12. The van der Waals surface area contributed by atoms with Crippen molar-refractivity contribution in [2.24, 2.45) is 5.73 Å². The first-order valence-corrected chi connectivity index (χ1v) is 4.11. The van der Waals surface area contributed by atoms with Crippen LogP contribution < -0.4 is 11.1 Å². The van der Waals surface area contributed by atoms with Gasteiger partial charge in [-0.05, 0) is 6.92 Å². The maximum atomic E-state index is 10.6. The summed E-state index contributed by atoms with van der Waals surface area (Å²) in [5.74, 6) is 0.241. The molecule has 0 aromatic carbocycles. The number of carbonyl (C=O) groups is 1. The van der Waals surface area contributed by atoms with Crippen LogP contribution in [0, 0.1) is 0 Å². The first-order valence-electron chi connectivity index (χ1n) is 3.23. The Labute approximate surface area is 68.4 Å². The van der Waals surface area contributed by atoms with Gasteiger partial charge in [-0.2, -0.15) is 0 Å². The molecule has 3 N–H and O–H groups in total. The summed E-state index contributed by atoms with van der Waals surface area (Å²) in [6.45, 7) is 2.76. The molecule has 0 atom stereocenters. The summed E-state index contributed by atoms with van der Waals surface area (Å²) in [5.41, 5.74) is 5.00. The van der Waals surface area contributed by atoms with E-state index in [9.17, 15) is 4.79 Å². The molecule has 0 aliphatic carbocycles. The van der Waals surface area contributed by atoms with E-state index < -0.39 is 5.91 Å². The highest BCUT2D eigenvalue weighted by Gasteiger charge is 2.04. The van der Waals surface area contributed by atoms with Crippen molar-refractivity contribution in [3.8, 4) is 0 Å². The van der Waals surface area contributed by atoms with Gasteiger partial charge >= 0.3 is 0 Å². The molecule has 1 aromatic rings. The molecule has 0 unspecified atom stereocenters. The standard InChI is InChI=1S/C6H9N3OS/c1-2-8-4-3-11-6(9-4)5(7)10/h3,8H,2H2,1H3,(H2,7,10). The normalized spacial score (nSPS) is 9.55. The zero-order valence-corrected chi connectivity index (χ0v) is 6.94. The maximum absolute atomic E-state index is 10.6. The van der Waals surface area contributed by atoms with E-state index in [4.69, 9.17) is 5.73 Å². The van der Waals surface area contributed by atoms with Crippen LogP contribution in [0.5, 0.6) is 0 Å². The van der Waals surface area contributed by atoms with E-state index in [1.54, 1.807) is 5.38 Å². The molecular weight excluding hydrogens is 162 g/mol. The van der Waals surface area contributed by atoms with Crippen molar-refractivity contribution in [3.05, 3.63) is 10.4 Å². The third-order valence-electron chi connectivity index (χ3n) is 1.07. The van der Waals surface area contributed by atoms with Crippen molar-refractivity contribution in [3.63, 3.8) is 0 Å². The van der Waals surface area contributed by atoms with Gasteiger partial charge in [-0.15, -0.1) is 11.3 Å². The number of nitrogens with two attached hydrogens (primary N) is 1. The summed E-state index contributed by atoms with van der Waals surface area (Å²) in [4.78, 5) is 14.5. The van der Waals surface area contributed by atoms with Crippen LogP contribution in [0.4, 0.5) is 5.82 Å². The summed E-state index contributed by atoms with van der Waals surface area (Å²) < 4.78 is 0. The molecule has 1 heterocycles. The van der Waals surface area contributed by atoms with Gasteiger partial charge in [0.2, 0.25) is 0 Å². The van der Waals surface area contributed by atoms with Crippen molar-refractivity contribution in [1.29, 1.82) is 0 Å². The number of nitrogens with zero attached hydrogens (tertiary/aromatic N) is 1. The number of hydrogen-bond acceptors (Lipinski definition) is 4. The number of nitrogens with one attached hydrogen (secondary N) is 1. The Morgan fingerprint density at radius 1 is 1.91 bits per heavy atom. The van der Waals surface area contributed by atoms with Crippen molar-refractivity contribution in [2.75, 3.05) is 11.9 Å². The van der Waals surface area contributed by atoms with Crippen molar-refractivity contribution >= 4 is 23.1 Å². The van der Waals surface area contributed by atoms with Gasteiger partial charge in [0.05, 0.1) is 0 Å². The summed E-state index contributed by atoms with van der Waals surface area (Å²) in [6.07, 6.45) is 0. The summed E-state index contributed by atoms with van der Waals surface area (Å²) in [7, 11) is 0. The molecular formula is C6H9N3OS. The van der Waals surface area contributed by atoms with Crippen molar-refractivity contribution in [1.82, 2.24) is 4.98 Å². The Kier molecular flexibility index (Phi) is 2.43. The lowest BCUT2D eigenvalue weighted by Crippen LogP contribution is -2.10. The van der Waals surface area contributed by atoms with Gasteiger partial charge in [0.1, 0.15) is 5.82 Å². The van der Waals surface area contributed by atoms with Crippen LogP contribution in [0.15, 0.2) is 5.38 Å². The Morgan fingerprint density at radius 2 is 2.64 bits per heavy atom. The minimum absolute atomic E-state index is 0.348. The number of thiazole rings is 1. The van der Waals surface area contributed by atoms with Gasteiger partial charge in [0.15, 0.2) is 5.01 Å². The predicted octanol–water partition coefficient (Wildman–Crippen LogP) is 0.674.